The molecular weight excluding hydrogens is 271 g/mol. The van der Waals surface area contributed by atoms with Crippen molar-refractivity contribution >= 4 is 5.91 Å². The number of hydrogen-bond donors (Lipinski definition) is 0. The fourth-order valence-corrected chi connectivity index (χ4v) is 2.72. The highest BCUT2D eigenvalue weighted by atomic mass is 19.1. The molecule has 0 spiro atoms. The molecule has 1 aliphatic rings. The number of nitrogens with zero attached hydrogens (tertiary/aromatic N) is 2. The van der Waals surface area contributed by atoms with Gasteiger partial charge in [-0.1, -0.05) is 12.1 Å². The Kier molecular flexibility index (Phi) is 4.64. The van der Waals surface area contributed by atoms with Gasteiger partial charge in [-0.3, -0.25) is 9.69 Å². The molecule has 1 atom stereocenters. The van der Waals surface area contributed by atoms with E-state index in [2.05, 4.69) is 0 Å². The lowest BCUT2D eigenvalue weighted by Gasteiger charge is -2.40. The fourth-order valence-electron chi connectivity index (χ4n) is 2.72. The van der Waals surface area contributed by atoms with E-state index in [0.717, 1.165) is 0 Å². The van der Waals surface area contributed by atoms with Crippen molar-refractivity contribution in [3.8, 4) is 0 Å². The van der Waals surface area contributed by atoms with E-state index in [9.17, 15) is 9.18 Å². The molecule has 1 amide bonds. The number of ether oxygens (including phenoxy) is 1. The van der Waals surface area contributed by atoms with Crippen LogP contribution >= 0.6 is 0 Å². The Hall–Kier alpha value is -1.46. The van der Waals surface area contributed by atoms with Gasteiger partial charge < -0.3 is 9.64 Å². The van der Waals surface area contributed by atoms with Crippen molar-refractivity contribution in [3.05, 3.63) is 35.6 Å². The Morgan fingerprint density at radius 3 is 2.71 bits per heavy atom. The fraction of sp³-hybridized carbons (Fsp3) is 0.562. The largest absolute Gasteiger partial charge is 0.372 e. The zero-order valence-electron chi connectivity index (χ0n) is 13.1. The third-order valence-electron chi connectivity index (χ3n) is 3.65. The van der Waals surface area contributed by atoms with E-state index < -0.39 is 6.04 Å². The van der Waals surface area contributed by atoms with Gasteiger partial charge in [-0.25, -0.2) is 4.39 Å². The maximum Gasteiger partial charge on any atom is 0.244 e. The molecule has 0 bridgehead atoms. The minimum absolute atomic E-state index is 0.0121. The average molecular weight is 294 g/mol. The Morgan fingerprint density at radius 2 is 2.14 bits per heavy atom. The lowest BCUT2D eigenvalue weighted by molar-refractivity contribution is -0.150. The second-order valence-corrected chi connectivity index (χ2v) is 6.29. The molecule has 2 rings (SSSR count). The molecule has 1 aromatic rings. The van der Waals surface area contributed by atoms with Crippen LogP contribution in [0.4, 0.5) is 4.39 Å². The molecule has 1 aromatic carbocycles. The van der Waals surface area contributed by atoms with E-state index in [1.165, 1.54) is 12.1 Å². The van der Waals surface area contributed by atoms with Crippen LogP contribution in [0.25, 0.3) is 0 Å². The van der Waals surface area contributed by atoms with Crippen molar-refractivity contribution in [3.63, 3.8) is 0 Å². The molecule has 1 unspecified atom stereocenters. The van der Waals surface area contributed by atoms with Gasteiger partial charge in [0.25, 0.3) is 0 Å². The SMILES string of the molecule is CN(C)C(C(=O)N1CCOC(C)(C)C1)c1cccc(F)c1. The van der Waals surface area contributed by atoms with E-state index in [0.29, 0.717) is 25.3 Å². The molecule has 1 fully saturated rings. The van der Waals surface area contributed by atoms with Crippen LogP contribution in [-0.4, -0.2) is 55.1 Å². The summed E-state index contributed by atoms with van der Waals surface area (Å²) in [6, 6.07) is 5.76. The number of benzene rings is 1. The van der Waals surface area contributed by atoms with Gasteiger partial charge in [0.1, 0.15) is 11.9 Å². The second-order valence-electron chi connectivity index (χ2n) is 6.29. The minimum Gasteiger partial charge on any atom is -0.372 e. The summed E-state index contributed by atoms with van der Waals surface area (Å²) in [6.45, 7) is 5.59. The second kappa shape index (κ2) is 6.12. The molecular formula is C16H23FN2O2. The molecule has 116 valence electrons. The Bertz CT molecular complexity index is 517. The standard InChI is InChI=1S/C16H23FN2O2/c1-16(2)11-19(8-9-21-16)15(20)14(18(3)4)12-6-5-7-13(17)10-12/h5-7,10,14H,8-9,11H2,1-4H3. The topological polar surface area (TPSA) is 32.8 Å². The number of carbonyl (C=O) groups excluding carboxylic acids is 1. The van der Waals surface area contributed by atoms with Gasteiger partial charge in [-0.15, -0.1) is 0 Å². The lowest BCUT2D eigenvalue weighted by Crippen LogP contribution is -2.53. The van der Waals surface area contributed by atoms with Crippen molar-refractivity contribution in [1.29, 1.82) is 0 Å². The number of halogens is 1. The lowest BCUT2D eigenvalue weighted by atomic mass is 10.0. The van der Waals surface area contributed by atoms with Crippen LogP contribution in [0, 0.1) is 5.82 Å². The number of morpholine rings is 1. The first kappa shape index (κ1) is 15.9. The van der Waals surface area contributed by atoms with Crippen LogP contribution in [-0.2, 0) is 9.53 Å². The predicted molar refractivity (Wildman–Crippen MR) is 79.4 cm³/mol. The number of amides is 1. The van der Waals surface area contributed by atoms with Crippen molar-refractivity contribution in [2.45, 2.75) is 25.5 Å². The highest BCUT2D eigenvalue weighted by Gasteiger charge is 2.34. The first-order valence-electron chi connectivity index (χ1n) is 7.15. The molecule has 0 N–H and O–H groups in total. The van der Waals surface area contributed by atoms with Crippen LogP contribution in [0.3, 0.4) is 0 Å². The summed E-state index contributed by atoms with van der Waals surface area (Å²) >= 11 is 0. The molecule has 1 heterocycles. The third-order valence-corrected chi connectivity index (χ3v) is 3.65. The van der Waals surface area contributed by atoms with E-state index in [4.69, 9.17) is 4.74 Å². The highest BCUT2D eigenvalue weighted by molar-refractivity contribution is 5.83. The van der Waals surface area contributed by atoms with Crippen molar-refractivity contribution < 1.29 is 13.9 Å². The number of carbonyl (C=O) groups is 1. The highest BCUT2D eigenvalue weighted by Crippen LogP contribution is 2.25. The Balaban J connectivity index is 2.24. The normalized spacial score (nSPS) is 19.6. The summed E-state index contributed by atoms with van der Waals surface area (Å²) in [5.41, 5.74) is 0.335. The van der Waals surface area contributed by atoms with Crippen molar-refractivity contribution in [2.24, 2.45) is 0 Å². The quantitative estimate of drug-likeness (QED) is 0.855. The van der Waals surface area contributed by atoms with Gasteiger partial charge in [-0.05, 0) is 45.6 Å². The van der Waals surface area contributed by atoms with E-state index in [1.807, 2.05) is 32.8 Å². The van der Waals surface area contributed by atoms with Gasteiger partial charge in [0.15, 0.2) is 0 Å². The number of rotatable bonds is 3. The van der Waals surface area contributed by atoms with Gasteiger partial charge in [0.05, 0.1) is 12.2 Å². The summed E-state index contributed by atoms with van der Waals surface area (Å²) in [7, 11) is 3.66. The van der Waals surface area contributed by atoms with Crippen molar-refractivity contribution in [2.75, 3.05) is 33.8 Å². The molecule has 5 heteroatoms. The van der Waals surface area contributed by atoms with Crippen LogP contribution in [0.1, 0.15) is 25.5 Å². The maximum atomic E-state index is 13.5. The predicted octanol–water partition coefficient (Wildman–Crippen LogP) is 2.07. The van der Waals surface area contributed by atoms with Gasteiger partial charge in [-0.2, -0.15) is 0 Å². The summed E-state index contributed by atoms with van der Waals surface area (Å²) in [5.74, 6) is -0.337. The molecule has 0 saturated carbocycles. The molecule has 1 saturated heterocycles. The molecule has 21 heavy (non-hydrogen) atoms. The van der Waals surface area contributed by atoms with Crippen LogP contribution in [0.2, 0.25) is 0 Å². The zero-order chi connectivity index (χ0) is 15.6. The van der Waals surface area contributed by atoms with Gasteiger partial charge in [0.2, 0.25) is 5.91 Å². The number of hydrogen-bond acceptors (Lipinski definition) is 3. The smallest absolute Gasteiger partial charge is 0.244 e. The summed E-state index contributed by atoms with van der Waals surface area (Å²) < 4.78 is 19.1. The average Bonchev–Trinajstić information content (AvgIpc) is 2.37. The van der Waals surface area contributed by atoms with Crippen LogP contribution in [0.15, 0.2) is 24.3 Å². The summed E-state index contributed by atoms with van der Waals surface area (Å²) in [6.07, 6.45) is 0. The van der Waals surface area contributed by atoms with E-state index >= 15 is 0 Å². The Labute approximate surface area is 125 Å². The van der Waals surface area contributed by atoms with Crippen LogP contribution in [0.5, 0.6) is 0 Å². The first-order valence-corrected chi connectivity index (χ1v) is 7.15. The molecule has 4 nitrogen and oxygen atoms in total. The van der Waals surface area contributed by atoms with Crippen molar-refractivity contribution in [1.82, 2.24) is 9.80 Å². The molecule has 1 aliphatic heterocycles. The summed E-state index contributed by atoms with van der Waals surface area (Å²) in [5, 5.41) is 0. The van der Waals surface area contributed by atoms with E-state index in [-0.39, 0.29) is 17.3 Å². The van der Waals surface area contributed by atoms with Crippen LogP contribution < -0.4 is 0 Å². The zero-order valence-corrected chi connectivity index (χ0v) is 13.1. The first-order chi connectivity index (χ1) is 9.80. The molecule has 0 radical (unpaired) electrons. The third kappa shape index (κ3) is 3.80. The Morgan fingerprint density at radius 1 is 1.43 bits per heavy atom. The monoisotopic (exact) mass is 294 g/mol. The van der Waals surface area contributed by atoms with Gasteiger partial charge >= 0.3 is 0 Å². The maximum absolute atomic E-state index is 13.5. The summed E-state index contributed by atoms with van der Waals surface area (Å²) in [4.78, 5) is 16.5. The minimum atomic E-state index is -0.477. The van der Waals surface area contributed by atoms with Gasteiger partial charge in [0, 0.05) is 13.1 Å². The molecule has 0 aromatic heterocycles. The number of likely N-dealkylation sites (N-methyl/N-ethyl adjacent to an activating group) is 1. The van der Waals surface area contributed by atoms with E-state index in [1.54, 1.807) is 17.0 Å². The molecule has 0 aliphatic carbocycles.